The van der Waals surface area contributed by atoms with Crippen LogP contribution in [0.3, 0.4) is 0 Å². The number of hydrogen-bond acceptors (Lipinski definition) is 13. The molecule has 2 saturated carbocycles. The van der Waals surface area contributed by atoms with Crippen molar-refractivity contribution in [2.45, 2.75) is 107 Å². The van der Waals surface area contributed by atoms with Crippen molar-refractivity contribution in [3.63, 3.8) is 0 Å². The number of nitrogens with zero attached hydrogens (tertiary/aromatic N) is 5. The van der Waals surface area contributed by atoms with E-state index in [1.165, 1.54) is 35.0 Å². The van der Waals surface area contributed by atoms with E-state index in [9.17, 15) is 28.4 Å². The third-order valence-corrected chi connectivity index (χ3v) is 17.9. The van der Waals surface area contributed by atoms with E-state index in [0.717, 1.165) is 106 Å². The number of methoxy groups -OCH3 is 1. The molecule has 1 atom stereocenters. The molecule has 4 N–H and O–H groups in total. The molecule has 4 aromatic carbocycles. The molecule has 10 rings (SSSR count). The van der Waals surface area contributed by atoms with E-state index in [1.807, 2.05) is 37.3 Å². The zero-order chi connectivity index (χ0) is 52.6. The molecule has 2 aromatic heterocycles. The Morgan fingerprint density at radius 1 is 0.947 bits per heavy atom. The van der Waals surface area contributed by atoms with E-state index >= 15 is 0 Å². The Balaban J connectivity index is 0.835. The van der Waals surface area contributed by atoms with Crippen molar-refractivity contribution in [3.8, 4) is 17.2 Å². The lowest BCUT2D eigenvalue weighted by molar-refractivity contribution is -0.384. The van der Waals surface area contributed by atoms with E-state index in [4.69, 9.17) is 21.1 Å². The summed E-state index contributed by atoms with van der Waals surface area (Å²) in [6.45, 7) is 12.0. The number of fused-ring (bicyclic) bond motifs is 1. The Hall–Kier alpha value is -6.24. The average molecular weight is 1060 g/mol. The number of aromatic amines is 1. The molecule has 2 aliphatic carbocycles. The van der Waals surface area contributed by atoms with Crippen molar-refractivity contribution in [3.05, 3.63) is 141 Å². The van der Waals surface area contributed by atoms with Crippen LogP contribution in [0.1, 0.15) is 111 Å². The predicted octanol–water partition coefficient (Wildman–Crippen LogP) is 10.8. The number of pyridine rings is 1. The Morgan fingerprint density at radius 3 is 2.43 bits per heavy atom. The summed E-state index contributed by atoms with van der Waals surface area (Å²) >= 11 is 6.75. The zero-order valence-electron chi connectivity index (χ0n) is 43.1. The quantitative estimate of drug-likeness (QED) is 0.0529. The molecule has 6 aromatic rings. The first-order valence-electron chi connectivity index (χ1n) is 26.2. The number of carbonyl (C=O) groups is 1. The number of H-pyrrole nitrogens is 1. The predicted molar refractivity (Wildman–Crippen MR) is 292 cm³/mol. The number of nitrogens with one attached hydrogen (secondary N) is 3. The fraction of sp³-hybridized carbons (Fsp3) is 0.439. The van der Waals surface area contributed by atoms with Gasteiger partial charge < -0.3 is 29.8 Å². The lowest BCUT2D eigenvalue weighted by Gasteiger charge is -2.58. The number of aliphatic hydroxyl groups is 1. The molecule has 1 unspecified atom stereocenters. The highest BCUT2D eigenvalue weighted by Crippen LogP contribution is 2.53. The number of ether oxygens (including phenoxy) is 2. The molecular formula is C57H67ClN8O8S. The minimum Gasteiger partial charge on any atom is -0.497 e. The minimum absolute atomic E-state index is 0.0370. The van der Waals surface area contributed by atoms with Gasteiger partial charge in [-0.1, -0.05) is 43.6 Å². The van der Waals surface area contributed by atoms with E-state index in [-0.39, 0.29) is 34.4 Å². The maximum absolute atomic E-state index is 14.1. The van der Waals surface area contributed by atoms with Crippen molar-refractivity contribution in [2.24, 2.45) is 11.3 Å². The topological polar surface area (TPSA) is 195 Å². The molecule has 2 saturated heterocycles. The molecule has 0 bridgehead atoms. The van der Waals surface area contributed by atoms with Crippen LogP contribution in [0.2, 0.25) is 5.02 Å². The standard InChI is InChI=1S/C57H67ClN8O8S/c1-37(2)47-12-7-41(58)28-49(47)52-36-63(35-39-5-9-44(73-4)10-6-39)25-26-65(52)43-31-57(32-43)20-23-64(24-21-57)42-8-13-48(53(29-42)74-45-27-40-17-22-59-54(40)61-34-45)55(67)62-75(71,72)46-11-14-50(51(30-46)66(69)70)60-33-38-15-18-56(3,68)19-16-38/h5-14,17,22,27-30,34,37-38,43,52,60,68H,15-16,18-21,23-26,31-33,35-36H2,1-4H3,(H,59,61)(H,62,67). The fourth-order valence-electron chi connectivity index (χ4n) is 11.9. The van der Waals surface area contributed by atoms with Gasteiger partial charge in [-0.2, -0.15) is 0 Å². The van der Waals surface area contributed by atoms with Crippen molar-refractivity contribution in [2.75, 3.05) is 56.6 Å². The van der Waals surface area contributed by atoms with Crippen molar-refractivity contribution in [1.29, 1.82) is 0 Å². The molecule has 1 spiro atoms. The van der Waals surface area contributed by atoms with Gasteiger partial charge >= 0.3 is 0 Å². The SMILES string of the molecule is COc1ccc(CN2CCN(C3CC4(CCN(c5ccc(C(=O)NS(=O)(=O)c6ccc(NCC7CCC(C)(O)CC7)c([N+](=O)[O-])c6)c(Oc6cnc7[nH]ccc7c6)c5)CC4)C3)C(c3cc(Cl)ccc3C(C)C)C2)cc1. The fourth-order valence-corrected chi connectivity index (χ4v) is 13.1. The second-order valence-corrected chi connectivity index (χ2v) is 24.0. The number of aromatic nitrogens is 2. The van der Waals surface area contributed by atoms with Gasteiger partial charge in [-0.3, -0.25) is 24.7 Å². The number of piperazine rings is 1. The maximum atomic E-state index is 14.1. The molecule has 16 nitrogen and oxygen atoms in total. The van der Waals surface area contributed by atoms with Crippen LogP contribution < -0.4 is 24.4 Å². The Bertz CT molecular complexity index is 3160. The van der Waals surface area contributed by atoms with Crippen LogP contribution in [0.25, 0.3) is 11.0 Å². The number of rotatable bonds is 16. The van der Waals surface area contributed by atoms with E-state index in [1.54, 1.807) is 31.5 Å². The van der Waals surface area contributed by atoms with Gasteiger partial charge in [0.2, 0.25) is 0 Å². The smallest absolute Gasteiger partial charge is 0.293 e. The first-order chi connectivity index (χ1) is 35.9. The number of amides is 1. The second kappa shape index (κ2) is 21.4. The van der Waals surface area contributed by atoms with Gasteiger partial charge in [0.15, 0.2) is 0 Å². The van der Waals surface area contributed by atoms with Gasteiger partial charge in [-0.15, -0.1) is 0 Å². The van der Waals surface area contributed by atoms with Gasteiger partial charge in [0.25, 0.3) is 21.6 Å². The number of benzene rings is 4. The highest BCUT2D eigenvalue weighted by molar-refractivity contribution is 7.90. The average Bonchev–Trinajstić information content (AvgIpc) is 3.86. The summed E-state index contributed by atoms with van der Waals surface area (Å²) in [4.78, 5) is 40.4. The molecule has 0 radical (unpaired) electrons. The third kappa shape index (κ3) is 11.6. The van der Waals surface area contributed by atoms with Crippen molar-refractivity contribution < 1.29 is 32.7 Å². The summed E-state index contributed by atoms with van der Waals surface area (Å²) in [5.41, 5.74) is 4.59. The lowest BCUT2D eigenvalue weighted by atomic mass is 9.59. The van der Waals surface area contributed by atoms with Crippen molar-refractivity contribution in [1.82, 2.24) is 24.5 Å². The van der Waals surface area contributed by atoms with Gasteiger partial charge in [-0.25, -0.2) is 18.1 Å². The first-order valence-corrected chi connectivity index (χ1v) is 28.0. The van der Waals surface area contributed by atoms with Crippen LogP contribution in [-0.2, 0) is 16.6 Å². The molecule has 1 amide bonds. The monoisotopic (exact) mass is 1060 g/mol. The largest absolute Gasteiger partial charge is 0.497 e. The van der Waals surface area contributed by atoms with E-state index in [0.29, 0.717) is 42.7 Å². The molecule has 4 aliphatic rings. The first kappa shape index (κ1) is 52.2. The molecule has 2 aliphatic heterocycles. The van der Waals surface area contributed by atoms with E-state index < -0.39 is 37.0 Å². The van der Waals surface area contributed by atoms with Gasteiger partial charge in [-0.05, 0) is 153 Å². The number of hydrogen-bond donors (Lipinski definition) is 4. The van der Waals surface area contributed by atoms with Gasteiger partial charge in [0.05, 0.1) is 34.3 Å². The summed E-state index contributed by atoms with van der Waals surface area (Å²) in [7, 11) is -2.90. The second-order valence-electron chi connectivity index (χ2n) is 21.9. The number of halogens is 1. The summed E-state index contributed by atoms with van der Waals surface area (Å²) < 4.78 is 41.7. The highest BCUT2D eigenvalue weighted by Gasteiger charge is 2.50. The van der Waals surface area contributed by atoms with Crippen LogP contribution >= 0.6 is 11.6 Å². The summed E-state index contributed by atoms with van der Waals surface area (Å²) in [5, 5.41) is 27.3. The number of anilines is 2. The number of piperidine rings is 1. The Kier molecular flexibility index (Phi) is 14.9. The maximum Gasteiger partial charge on any atom is 0.293 e. The molecule has 4 fully saturated rings. The Labute approximate surface area is 444 Å². The lowest BCUT2D eigenvalue weighted by Crippen LogP contribution is -2.60. The van der Waals surface area contributed by atoms with Crippen molar-refractivity contribution >= 4 is 55.6 Å². The third-order valence-electron chi connectivity index (χ3n) is 16.4. The summed E-state index contributed by atoms with van der Waals surface area (Å²) in [6.07, 6.45) is 10.3. The highest BCUT2D eigenvalue weighted by atomic mass is 35.5. The molecule has 75 heavy (non-hydrogen) atoms. The summed E-state index contributed by atoms with van der Waals surface area (Å²) in [5.74, 6) is 0.931. The molecule has 18 heteroatoms. The van der Waals surface area contributed by atoms with Crippen LogP contribution in [-0.4, -0.2) is 102 Å². The number of carbonyl (C=O) groups excluding carboxylic acids is 1. The zero-order valence-corrected chi connectivity index (χ0v) is 44.6. The molecule has 4 heterocycles. The molecule has 396 valence electrons. The van der Waals surface area contributed by atoms with Gasteiger partial charge in [0.1, 0.15) is 28.6 Å². The summed E-state index contributed by atoms with van der Waals surface area (Å²) in [6, 6.07) is 27.8. The number of nitro benzene ring substituents is 1. The van der Waals surface area contributed by atoms with Crippen LogP contribution in [0, 0.1) is 21.4 Å². The minimum atomic E-state index is -4.60. The number of sulfonamides is 1. The van der Waals surface area contributed by atoms with E-state index in [2.05, 4.69) is 72.8 Å². The van der Waals surface area contributed by atoms with Gasteiger partial charge in [0, 0.05) is 92.3 Å². The van der Waals surface area contributed by atoms with Crippen LogP contribution in [0.4, 0.5) is 17.1 Å². The van der Waals surface area contributed by atoms with Crippen LogP contribution in [0.15, 0.2) is 108 Å². The number of nitro groups is 1. The van der Waals surface area contributed by atoms with Crippen LogP contribution in [0.5, 0.6) is 17.2 Å². The Morgan fingerprint density at radius 2 is 1.71 bits per heavy atom. The normalized spacial score (nSPS) is 21.5. The molecular weight excluding hydrogens is 992 g/mol.